The summed E-state index contributed by atoms with van der Waals surface area (Å²) >= 11 is 0. The largest absolute Gasteiger partial charge is 0.478 e. The van der Waals surface area contributed by atoms with Crippen molar-refractivity contribution in [2.75, 3.05) is 5.32 Å². The summed E-state index contributed by atoms with van der Waals surface area (Å²) < 4.78 is 38.3. The number of halogens is 3. The SMILES string of the molecule is N#Cc1ccc2c(c1)C=C(C(=O)O)[C@@H](C(F)(F)F)N2. The molecule has 0 spiro atoms. The Kier molecular flexibility index (Phi) is 2.94. The van der Waals surface area contributed by atoms with Gasteiger partial charge in [-0.2, -0.15) is 18.4 Å². The van der Waals surface area contributed by atoms with E-state index in [0.717, 1.165) is 6.08 Å². The summed E-state index contributed by atoms with van der Waals surface area (Å²) in [7, 11) is 0. The van der Waals surface area contributed by atoms with Crippen LogP contribution in [0.3, 0.4) is 0 Å². The fraction of sp³-hybridized carbons (Fsp3) is 0.167. The fourth-order valence-electron chi connectivity index (χ4n) is 1.81. The van der Waals surface area contributed by atoms with Crippen LogP contribution in [0.2, 0.25) is 0 Å². The first-order valence-electron chi connectivity index (χ1n) is 5.15. The van der Waals surface area contributed by atoms with Gasteiger partial charge >= 0.3 is 12.1 Å². The number of fused-ring (bicyclic) bond motifs is 1. The quantitative estimate of drug-likeness (QED) is 0.820. The van der Waals surface area contributed by atoms with Gasteiger partial charge in [0.1, 0.15) is 0 Å². The van der Waals surface area contributed by atoms with Gasteiger partial charge < -0.3 is 10.4 Å². The van der Waals surface area contributed by atoms with E-state index in [1.54, 1.807) is 0 Å². The molecule has 0 amide bonds. The molecule has 0 aromatic heterocycles. The smallest absolute Gasteiger partial charge is 0.413 e. The highest BCUT2D eigenvalue weighted by molar-refractivity contribution is 5.97. The molecule has 1 aliphatic heterocycles. The first-order valence-corrected chi connectivity index (χ1v) is 5.15. The van der Waals surface area contributed by atoms with Crippen LogP contribution in [-0.4, -0.2) is 23.3 Å². The molecule has 19 heavy (non-hydrogen) atoms. The highest BCUT2D eigenvalue weighted by Gasteiger charge is 2.46. The Labute approximate surface area is 105 Å². The number of carboxylic acids is 1. The number of anilines is 1. The van der Waals surface area contributed by atoms with Crippen LogP contribution < -0.4 is 5.32 Å². The van der Waals surface area contributed by atoms with Gasteiger partial charge in [0.25, 0.3) is 0 Å². The van der Waals surface area contributed by atoms with E-state index >= 15 is 0 Å². The number of carboxylic acid groups (broad SMARTS) is 1. The predicted molar refractivity (Wildman–Crippen MR) is 60.2 cm³/mol. The van der Waals surface area contributed by atoms with Crippen molar-refractivity contribution in [2.24, 2.45) is 0 Å². The van der Waals surface area contributed by atoms with Crippen molar-refractivity contribution in [3.05, 3.63) is 34.9 Å². The number of nitriles is 1. The minimum atomic E-state index is -4.71. The second kappa shape index (κ2) is 4.31. The minimum absolute atomic E-state index is 0.145. The standard InChI is InChI=1S/C12H7F3N2O2/c13-12(14,15)10-8(11(18)19)4-7-3-6(5-16)1-2-9(7)17-10/h1-4,10,17H,(H,18,19)/t10-/m0/s1. The number of alkyl halides is 3. The number of hydrogen-bond donors (Lipinski definition) is 2. The molecule has 7 heteroatoms. The van der Waals surface area contributed by atoms with Gasteiger partial charge in [0.05, 0.1) is 17.2 Å². The highest BCUT2D eigenvalue weighted by Crippen LogP contribution is 2.35. The van der Waals surface area contributed by atoms with Gasteiger partial charge in [0.2, 0.25) is 0 Å². The lowest BCUT2D eigenvalue weighted by Gasteiger charge is -2.28. The summed E-state index contributed by atoms with van der Waals surface area (Å²) in [5.74, 6) is -1.65. The van der Waals surface area contributed by atoms with Gasteiger partial charge in [-0.1, -0.05) is 0 Å². The molecular weight excluding hydrogens is 261 g/mol. The minimum Gasteiger partial charge on any atom is -0.478 e. The third kappa shape index (κ3) is 2.38. The van der Waals surface area contributed by atoms with Crippen LogP contribution in [0.25, 0.3) is 6.08 Å². The molecule has 0 bridgehead atoms. The third-order valence-electron chi connectivity index (χ3n) is 2.68. The lowest BCUT2D eigenvalue weighted by Crippen LogP contribution is -2.41. The Morgan fingerprint density at radius 3 is 2.63 bits per heavy atom. The first kappa shape index (κ1) is 13.0. The number of carbonyl (C=O) groups is 1. The lowest BCUT2D eigenvalue weighted by molar-refractivity contribution is -0.146. The number of nitrogens with zero attached hydrogens (tertiary/aromatic N) is 1. The molecule has 0 radical (unpaired) electrons. The van der Waals surface area contributed by atoms with E-state index in [4.69, 9.17) is 10.4 Å². The van der Waals surface area contributed by atoms with Gasteiger partial charge in [0, 0.05) is 5.69 Å². The number of rotatable bonds is 1. The van der Waals surface area contributed by atoms with Crippen molar-refractivity contribution in [2.45, 2.75) is 12.2 Å². The van der Waals surface area contributed by atoms with E-state index in [1.807, 2.05) is 6.07 Å². The summed E-state index contributed by atoms with van der Waals surface area (Å²) in [4.78, 5) is 10.9. The Hall–Kier alpha value is -2.49. The molecule has 1 aliphatic rings. The maximum Gasteiger partial charge on any atom is 0.413 e. The molecule has 1 aromatic carbocycles. The van der Waals surface area contributed by atoms with Crippen LogP contribution in [0.5, 0.6) is 0 Å². The van der Waals surface area contributed by atoms with Crippen LogP contribution in [0.15, 0.2) is 23.8 Å². The zero-order valence-corrected chi connectivity index (χ0v) is 9.32. The molecule has 4 nitrogen and oxygen atoms in total. The average Bonchev–Trinajstić information content (AvgIpc) is 2.35. The maximum atomic E-state index is 12.8. The summed E-state index contributed by atoms with van der Waals surface area (Å²) in [6.45, 7) is 0. The van der Waals surface area contributed by atoms with E-state index in [0.29, 0.717) is 0 Å². The lowest BCUT2D eigenvalue weighted by atomic mass is 9.96. The number of nitrogens with one attached hydrogen (secondary N) is 1. The molecule has 0 saturated carbocycles. The van der Waals surface area contributed by atoms with E-state index in [-0.39, 0.29) is 16.8 Å². The molecule has 0 fully saturated rings. The van der Waals surface area contributed by atoms with Crippen molar-refractivity contribution in [3.8, 4) is 6.07 Å². The van der Waals surface area contributed by atoms with Crippen molar-refractivity contribution in [3.63, 3.8) is 0 Å². The number of hydrogen-bond acceptors (Lipinski definition) is 3. The number of aliphatic carboxylic acids is 1. The summed E-state index contributed by atoms with van der Waals surface area (Å²) in [6, 6.07) is 3.59. The Balaban J connectivity index is 2.55. The summed E-state index contributed by atoms with van der Waals surface area (Å²) in [6.07, 6.45) is -3.77. The van der Waals surface area contributed by atoms with Gasteiger partial charge in [-0.05, 0) is 29.8 Å². The topological polar surface area (TPSA) is 73.1 Å². The molecule has 0 aliphatic carbocycles. The molecule has 0 unspecified atom stereocenters. The van der Waals surface area contributed by atoms with Crippen molar-refractivity contribution >= 4 is 17.7 Å². The van der Waals surface area contributed by atoms with Gasteiger partial charge in [-0.3, -0.25) is 0 Å². The molecule has 1 heterocycles. The maximum absolute atomic E-state index is 12.8. The molecule has 2 rings (SSSR count). The second-order valence-electron chi connectivity index (χ2n) is 3.94. The first-order chi connectivity index (χ1) is 8.82. The molecular formula is C12H7F3N2O2. The molecule has 1 aromatic rings. The van der Waals surface area contributed by atoms with Crippen LogP contribution in [-0.2, 0) is 4.79 Å². The zero-order chi connectivity index (χ0) is 14.2. The molecule has 2 N–H and O–H groups in total. The molecule has 98 valence electrons. The van der Waals surface area contributed by atoms with E-state index in [9.17, 15) is 18.0 Å². The Morgan fingerprint density at radius 2 is 2.11 bits per heavy atom. The van der Waals surface area contributed by atoms with Gasteiger partial charge in [0.15, 0.2) is 6.04 Å². The normalized spacial score (nSPS) is 17.8. The van der Waals surface area contributed by atoms with Crippen LogP contribution >= 0.6 is 0 Å². The van der Waals surface area contributed by atoms with E-state index in [1.165, 1.54) is 18.2 Å². The van der Waals surface area contributed by atoms with Crippen LogP contribution in [0.1, 0.15) is 11.1 Å². The van der Waals surface area contributed by atoms with E-state index in [2.05, 4.69) is 5.32 Å². The highest BCUT2D eigenvalue weighted by atomic mass is 19.4. The average molecular weight is 268 g/mol. The summed E-state index contributed by atoms with van der Waals surface area (Å²) in [5, 5.41) is 19.7. The second-order valence-corrected chi connectivity index (χ2v) is 3.94. The summed E-state index contributed by atoms with van der Waals surface area (Å²) in [5.41, 5.74) is -0.162. The molecule has 1 atom stereocenters. The van der Waals surface area contributed by atoms with Gasteiger partial charge in [-0.15, -0.1) is 0 Å². The van der Waals surface area contributed by atoms with E-state index < -0.39 is 23.8 Å². The third-order valence-corrected chi connectivity index (χ3v) is 2.68. The fourth-order valence-corrected chi connectivity index (χ4v) is 1.81. The number of benzene rings is 1. The zero-order valence-electron chi connectivity index (χ0n) is 9.32. The van der Waals surface area contributed by atoms with Crippen LogP contribution in [0, 0.1) is 11.3 Å². The predicted octanol–water partition coefficient (Wildman–Crippen LogP) is 2.38. The van der Waals surface area contributed by atoms with Gasteiger partial charge in [-0.25, -0.2) is 4.79 Å². The Morgan fingerprint density at radius 1 is 1.42 bits per heavy atom. The van der Waals surface area contributed by atoms with Crippen LogP contribution in [0.4, 0.5) is 18.9 Å². The van der Waals surface area contributed by atoms with Crippen molar-refractivity contribution < 1.29 is 23.1 Å². The van der Waals surface area contributed by atoms with Crippen molar-refractivity contribution in [1.29, 1.82) is 5.26 Å². The Bertz CT molecular complexity index is 614. The monoisotopic (exact) mass is 268 g/mol. The van der Waals surface area contributed by atoms with Crippen molar-refractivity contribution in [1.82, 2.24) is 0 Å². The molecule has 0 saturated heterocycles.